The normalized spacial score (nSPS) is 11.6. The van der Waals surface area contributed by atoms with Gasteiger partial charge in [0, 0.05) is 11.1 Å². The van der Waals surface area contributed by atoms with Gasteiger partial charge in [-0.15, -0.1) is 0 Å². The van der Waals surface area contributed by atoms with Crippen molar-refractivity contribution in [3.05, 3.63) is 47.8 Å². The molecule has 6 heteroatoms. The highest BCUT2D eigenvalue weighted by Crippen LogP contribution is 2.31. The molecule has 0 aliphatic heterocycles. The highest BCUT2D eigenvalue weighted by Gasteiger charge is 2.32. The van der Waals surface area contributed by atoms with Crippen molar-refractivity contribution < 1.29 is 13.2 Å². The molecule has 0 N–H and O–H groups in total. The number of benzene rings is 1. The lowest BCUT2D eigenvalue weighted by Gasteiger charge is -2.07. The van der Waals surface area contributed by atoms with Crippen LogP contribution in [0.5, 0.6) is 0 Å². The minimum Gasteiger partial charge on any atom is -0.231 e. The van der Waals surface area contributed by atoms with Crippen LogP contribution < -0.4 is 0 Å². The minimum atomic E-state index is -4.44. The molecule has 0 aliphatic carbocycles. The van der Waals surface area contributed by atoms with E-state index in [4.69, 9.17) is 0 Å². The van der Waals surface area contributed by atoms with Crippen molar-refractivity contribution in [1.82, 2.24) is 9.97 Å². The number of aromatic nitrogens is 2. The van der Waals surface area contributed by atoms with Gasteiger partial charge in [-0.05, 0) is 36.4 Å². The van der Waals surface area contributed by atoms with Crippen LogP contribution in [0.2, 0.25) is 0 Å². The summed E-state index contributed by atoms with van der Waals surface area (Å²) >= 11 is 1.12. The molecule has 1 aromatic heterocycles. The van der Waals surface area contributed by atoms with E-state index in [-0.39, 0.29) is 5.16 Å². The van der Waals surface area contributed by atoms with Crippen LogP contribution >= 0.6 is 11.8 Å². The molecule has 2 nitrogen and oxygen atoms in total. The molecule has 0 aliphatic rings. The van der Waals surface area contributed by atoms with E-state index in [0.717, 1.165) is 34.5 Å². The van der Waals surface area contributed by atoms with E-state index < -0.39 is 11.9 Å². The number of nitrogens with zero attached hydrogens (tertiary/aromatic N) is 2. The molecule has 2 rings (SSSR count). The maximum absolute atomic E-state index is 12.5. The first kappa shape index (κ1) is 12.9. The Bertz CT molecular complexity index is 555. The Kier molecular flexibility index (Phi) is 3.56. The molecular formula is C12H9F3N2S. The summed E-state index contributed by atoms with van der Waals surface area (Å²) in [4.78, 5) is 8.19. The van der Waals surface area contributed by atoms with Gasteiger partial charge in [-0.2, -0.15) is 13.2 Å². The van der Waals surface area contributed by atoms with E-state index in [9.17, 15) is 13.2 Å². The molecule has 0 saturated heterocycles. The predicted molar refractivity (Wildman–Crippen MR) is 62.3 cm³/mol. The second-order valence-corrected chi connectivity index (χ2v) is 4.60. The highest BCUT2D eigenvalue weighted by molar-refractivity contribution is 7.99. The predicted octanol–water partition coefficient (Wildman–Crippen LogP) is 3.96. The van der Waals surface area contributed by atoms with Crippen LogP contribution in [0.3, 0.4) is 0 Å². The van der Waals surface area contributed by atoms with Crippen LogP contribution in [0.15, 0.2) is 46.6 Å². The summed E-state index contributed by atoms with van der Waals surface area (Å²) < 4.78 is 37.5. The molecular weight excluding hydrogens is 261 g/mol. The van der Waals surface area contributed by atoms with Crippen LogP contribution in [0.1, 0.15) is 11.3 Å². The fourth-order valence-corrected chi connectivity index (χ4v) is 2.15. The molecule has 0 amide bonds. The maximum atomic E-state index is 12.5. The van der Waals surface area contributed by atoms with E-state index in [2.05, 4.69) is 9.97 Å². The number of aryl methyl sites for hydroxylation is 1. The van der Waals surface area contributed by atoms with Crippen LogP contribution in [0.25, 0.3) is 0 Å². The zero-order chi connectivity index (χ0) is 13.2. The zero-order valence-corrected chi connectivity index (χ0v) is 10.2. The topological polar surface area (TPSA) is 25.8 Å². The summed E-state index contributed by atoms with van der Waals surface area (Å²) in [5.74, 6) is 0. The standard InChI is InChI=1S/C12H9F3N2S/c1-8-4-2-3-5-9(8)18-11-16-7-6-10(17-11)12(13,14)15/h2-7H,1H3. The second kappa shape index (κ2) is 4.97. The Morgan fingerprint density at radius 3 is 2.50 bits per heavy atom. The van der Waals surface area contributed by atoms with Crippen molar-refractivity contribution in [1.29, 1.82) is 0 Å². The SMILES string of the molecule is Cc1ccccc1Sc1nccc(C(F)(F)F)n1. The number of halogens is 3. The van der Waals surface area contributed by atoms with Crippen LogP contribution in [0, 0.1) is 6.92 Å². The first-order chi connectivity index (χ1) is 8.47. The van der Waals surface area contributed by atoms with E-state index in [0.29, 0.717) is 0 Å². The van der Waals surface area contributed by atoms with Gasteiger partial charge in [0.1, 0.15) is 5.69 Å². The molecule has 2 aromatic rings. The lowest BCUT2D eigenvalue weighted by molar-refractivity contribution is -0.141. The summed E-state index contributed by atoms with van der Waals surface area (Å²) in [6.45, 7) is 1.88. The first-order valence-electron chi connectivity index (χ1n) is 5.10. The van der Waals surface area contributed by atoms with Gasteiger partial charge in [0.25, 0.3) is 0 Å². The van der Waals surface area contributed by atoms with Crippen molar-refractivity contribution in [3.8, 4) is 0 Å². The summed E-state index contributed by atoms with van der Waals surface area (Å²) in [7, 11) is 0. The van der Waals surface area contributed by atoms with E-state index in [1.807, 2.05) is 31.2 Å². The first-order valence-corrected chi connectivity index (χ1v) is 5.92. The molecule has 0 radical (unpaired) electrons. The molecule has 0 atom stereocenters. The van der Waals surface area contributed by atoms with Crippen molar-refractivity contribution in [3.63, 3.8) is 0 Å². The lowest BCUT2D eigenvalue weighted by Crippen LogP contribution is -2.08. The van der Waals surface area contributed by atoms with E-state index in [1.165, 1.54) is 0 Å². The molecule has 1 heterocycles. The smallest absolute Gasteiger partial charge is 0.231 e. The molecule has 0 spiro atoms. The van der Waals surface area contributed by atoms with Crippen molar-refractivity contribution in [2.75, 3.05) is 0 Å². The van der Waals surface area contributed by atoms with Crippen LogP contribution in [-0.2, 0) is 6.18 Å². The van der Waals surface area contributed by atoms with Gasteiger partial charge in [0.15, 0.2) is 5.16 Å². The molecule has 0 fully saturated rings. The third kappa shape index (κ3) is 3.01. The van der Waals surface area contributed by atoms with Crippen molar-refractivity contribution in [2.45, 2.75) is 23.2 Å². The number of hydrogen-bond donors (Lipinski definition) is 0. The third-order valence-corrected chi connectivity index (χ3v) is 3.28. The molecule has 94 valence electrons. The van der Waals surface area contributed by atoms with Crippen LogP contribution in [-0.4, -0.2) is 9.97 Å². The number of hydrogen-bond acceptors (Lipinski definition) is 3. The summed E-state index contributed by atoms with van der Waals surface area (Å²) in [5.41, 5.74) is 0.0529. The van der Waals surface area contributed by atoms with Gasteiger partial charge >= 0.3 is 6.18 Å². The summed E-state index contributed by atoms with van der Waals surface area (Å²) in [5, 5.41) is 0.0964. The van der Waals surface area contributed by atoms with E-state index >= 15 is 0 Å². The molecule has 0 saturated carbocycles. The number of rotatable bonds is 2. The maximum Gasteiger partial charge on any atom is 0.433 e. The van der Waals surface area contributed by atoms with Crippen molar-refractivity contribution in [2.24, 2.45) is 0 Å². The fourth-order valence-electron chi connectivity index (χ4n) is 1.32. The number of alkyl halides is 3. The monoisotopic (exact) mass is 270 g/mol. The van der Waals surface area contributed by atoms with Gasteiger partial charge in [-0.1, -0.05) is 18.2 Å². The Labute approximate surface area is 106 Å². The summed E-state index contributed by atoms with van der Waals surface area (Å²) in [6.07, 6.45) is -3.32. The molecule has 18 heavy (non-hydrogen) atoms. The average Bonchev–Trinajstić information content (AvgIpc) is 2.31. The van der Waals surface area contributed by atoms with Gasteiger partial charge in [-0.3, -0.25) is 0 Å². The van der Waals surface area contributed by atoms with Gasteiger partial charge in [-0.25, -0.2) is 9.97 Å². The van der Waals surface area contributed by atoms with Gasteiger partial charge in [0.05, 0.1) is 0 Å². The second-order valence-electron chi connectivity index (χ2n) is 3.59. The Morgan fingerprint density at radius 2 is 1.83 bits per heavy atom. The van der Waals surface area contributed by atoms with Gasteiger partial charge in [0.2, 0.25) is 0 Å². The summed E-state index contributed by atoms with van der Waals surface area (Å²) in [6, 6.07) is 8.26. The van der Waals surface area contributed by atoms with E-state index in [1.54, 1.807) is 0 Å². The largest absolute Gasteiger partial charge is 0.433 e. The molecule has 1 aromatic carbocycles. The Hall–Kier alpha value is -1.56. The minimum absolute atomic E-state index is 0.0964. The molecule has 0 bridgehead atoms. The highest BCUT2D eigenvalue weighted by atomic mass is 32.2. The van der Waals surface area contributed by atoms with Crippen LogP contribution in [0.4, 0.5) is 13.2 Å². The average molecular weight is 270 g/mol. The Balaban J connectivity index is 2.28. The zero-order valence-electron chi connectivity index (χ0n) is 9.40. The third-order valence-electron chi connectivity index (χ3n) is 2.22. The lowest BCUT2D eigenvalue weighted by atomic mass is 10.2. The van der Waals surface area contributed by atoms with Gasteiger partial charge < -0.3 is 0 Å². The quantitative estimate of drug-likeness (QED) is 0.773. The van der Waals surface area contributed by atoms with Crippen molar-refractivity contribution >= 4 is 11.8 Å². The Morgan fingerprint density at radius 1 is 1.11 bits per heavy atom. The molecule has 0 unspecified atom stereocenters. The fraction of sp³-hybridized carbons (Fsp3) is 0.167.